The second kappa shape index (κ2) is 7.04. The van der Waals surface area contributed by atoms with Crippen LogP contribution in [0.5, 0.6) is 5.75 Å². The van der Waals surface area contributed by atoms with Gasteiger partial charge >= 0.3 is 11.9 Å². The predicted molar refractivity (Wildman–Crippen MR) is 91.1 cm³/mol. The molecule has 1 aromatic carbocycles. The molecule has 0 radical (unpaired) electrons. The van der Waals surface area contributed by atoms with Crippen LogP contribution in [0.2, 0.25) is 0 Å². The van der Waals surface area contributed by atoms with Gasteiger partial charge in [-0.2, -0.15) is 0 Å². The zero-order valence-electron chi connectivity index (χ0n) is 15.1. The number of rotatable bonds is 4. The highest BCUT2D eigenvalue weighted by Gasteiger charge is 2.59. The van der Waals surface area contributed by atoms with Crippen molar-refractivity contribution in [2.45, 2.75) is 38.9 Å². The third kappa shape index (κ3) is 2.88. The van der Waals surface area contributed by atoms with E-state index < -0.39 is 12.0 Å². The Hall–Kier alpha value is -2.08. The second-order valence-corrected chi connectivity index (χ2v) is 6.74. The monoisotopic (exact) mass is 347 g/mol. The van der Waals surface area contributed by atoms with Gasteiger partial charge in [-0.3, -0.25) is 14.5 Å². The number of methoxy groups -OCH3 is 1. The molecule has 0 amide bonds. The van der Waals surface area contributed by atoms with Gasteiger partial charge in [0.1, 0.15) is 11.8 Å². The van der Waals surface area contributed by atoms with Gasteiger partial charge in [0.15, 0.2) is 0 Å². The molecule has 3 rings (SSSR count). The van der Waals surface area contributed by atoms with Crippen molar-refractivity contribution < 1.29 is 23.8 Å². The smallest absolute Gasteiger partial charge is 0.324 e. The van der Waals surface area contributed by atoms with Gasteiger partial charge in [-0.1, -0.05) is 18.2 Å². The van der Waals surface area contributed by atoms with Crippen molar-refractivity contribution in [3.63, 3.8) is 0 Å². The predicted octanol–water partition coefficient (Wildman–Crippen LogP) is 2.18. The van der Waals surface area contributed by atoms with Crippen LogP contribution in [0.4, 0.5) is 0 Å². The third-order valence-electron chi connectivity index (χ3n) is 5.12. The fourth-order valence-corrected chi connectivity index (χ4v) is 4.22. The first kappa shape index (κ1) is 17.7. The van der Waals surface area contributed by atoms with E-state index in [4.69, 9.17) is 14.2 Å². The Bertz CT molecular complexity index is 659. The normalized spacial score (nSPS) is 28.0. The summed E-state index contributed by atoms with van der Waals surface area (Å²) in [6.45, 7) is 6.48. The van der Waals surface area contributed by atoms with E-state index in [0.717, 1.165) is 11.3 Å². The topological polar surface area (TPSA) is 65.1 Å². The van der Waals surface area contributed by atoms with Crippen LogP contribution in [0.3, 0.4) is 0 Å². The lowest BCUT2D eigenvalue weighted by molar-refractivity contribution is -0.159. The van der Waals surface area contributed by atoms with Crippen molar-refractivity contribution in [3.8, 4) is 5.75 Å². The number of likely N-dealkylation sites (tertiary alicyclic amines) is 1. The first-order valence-corrected chi connectivity index (χ1v) is 8.74. The molecule has 0 N–H and O–H groups in total. The van der Waals surface area contributed by atoms with Gasteiger partial charge in [0.2, 0.25) is 0 Å². The molecule has 1 fully saturated rings. The number of nitrogens with zero attached hydrogens (tertiary/aromatic N) is 1. The van der Waals surface area contributed by atoms with Crippen LogP contribution in [0.1, 0.15) is 32.4 Å². The minimum Gasteiger partial charge on any atom is -0.493 e. The van der Waals surface area contributed by atoms with E-state index >= 15 is 0 Å². The van der Waals surface area contributed by atoms with Crippen LogP contribution in [0, 0.1) is 11.8 Å². The van der Waals surface area contributed by atoms with E-state index in [-0.39, 0.29) is 36.5 Å². The Labute approximate surface area is 148 Å². The highest BCUT2D eigenvalue weighted by atomic mass is 16.5. The maximum atomic E-state index is 12.7. The maximum Gasteiger partial charge on any atom is 0.324 e. The molecule has 6 nitrogen and oxygen atoms in total. The molecule has 2 aliphatic heterocycles. The average molecular weight is 347 g/mol. The molecule has 136 valence electrons. The summed E-state index contributed by atoms with van der Waals surface area (Å²) in [6.07, 6.45) is 0. The number of para-hydroxylation sites is 1. The summed E-state index contributed by atoms with van der Waals surface area (Å²) in [7, 11) is 1.36. The van der Waals surface area contributed by atoms with Gasteiger partial charge in [-0.15, -0.1) is 0 Å². The highest BCUT2D eigenvalue weighted by Crippen LogP contribution is 2.51. The zero-order chi connectivity index (χ0) is 18.1. The molecule has 0 saturated carbocycles. The molecular formula is C19H25NO5. The highest BCUT2D eigenvalue weighted by molar-refractivity contribution is 5.86. The van der Waals surface area contributed by atoms with Gasteiger partial charge in [0.25, 0.3) is 0 Å². The number of carbonyl (C=O) groups excluding carboxylic acids is 2. The molecule has 2 aliphatic rings. The van der Waals surface area contributed by atoms with E-state index in [1.807, 2.05) is 38.1 Å². The molecular weight excluding hydrogens is 322 g/mol. The van der Waals surface area contributed by atoms with E-state index in [1.54, 1.807) is 6.92 Å². The van der Waals surface area contributed by atoms with Crippen molar-refractivity contribution in [1.29, 1.82) is 0 Å². The number of benzene rings is 1. The second-order valence-electron chi connectivity index (χ2n) is 6.74. The Morgan fingerprint density at radius 2 is 2.00 bits per heavy atom. The number of carbonyl (C=O) groups is 2. The summed E-state index contributed by atoms with van der Waals surface area (Å²) in [4.78, 5) is 27.4. The summed E-state index contributed by atoms with van der Waals surface area (Å²) in [5.41, 5.74) is 1.01. The molecule has 2 heterocycles. The molecule has 0 aromatic heterocycles. The van der Waals surface area contributed by atoms with Gasteiger partial charge in [-0.05, 0) is 26.8 Å². The molecule has 6 heteroatoms. The Morgan fingerprint density at radius 3 is 2.64 bits per heavy atom. The largest absolute Gasteiger partial charge is 0.493 e. The van der Waals surface area contributed by atoms with Gasteiger partial charge in [0.05, 0.1) is 26.2 Å². The van der Waals surface area contributed by atoms with Gasteiger partial charge in [-0.25, -0.2) is 0 Å². The number of hydrogen-bond donors (Lipinski definition) is 0. The summed E-state index contributed by atoms with van der Waals surface area (Å²) in [5, 5.41) is 0. The van der Waals surface area contributed by atoms with Crippen LogP contribution in [0.15, 0.2) is 24.3 Å². The molecule has 4 atom stereocenters. The minimum atomic E-state index is -0.669. The van der Waals surface area contributed by atoms with Crippen LogP contribution in [-0.2, 0) is 19.1 Å². The summed E-state index contributed by atoms with van der Waals surface area (Å²) < 4.78 is 16.2. The number of hydrogen-bond acceptors (Lipinski definition) is 6. The van der Waals surface area contributed by atoms with E-state index in [2.05, 4.69) is 4.90 Å². The summed E-state index contributed by atoms with van der Waals surface area (Å²) in [6, 6.07) is 7.11. The van der Waals surface area contributed by atoms with Crippen molar-refractivity contribution in [1.82, 2.24) is 4.90 Å². The van der Waals surface area contributed by atoms with E-state index in [1.165, 1.54) is 7.11 Å². The van der Waals surface area contributed by atoms with Crippen LogP contribution in [0.25, 0.3) is 0 Å². The lowest BCUT2D eigenvalue weighted by Crippen LogP contribution is -2.47. The SMILES string of the molecule is CCOC(=O)[C@@H]1[C@@H](C(=O)OC)[C@H]2COc3ccccc3[C@H]2N1C(C)C. The van der Waals surface area contributed by atoms with Crippen LogP contribution < -0.4 is 4.74 Å². The molecule has 1 aromatic rings. The standard InChI is InChI=1S/C19H25NO5/c1-5-24-19(22)17-15(18(21)23-4)13-10-25-14-9-7-6-8-12(14)16(13)20(17)11(2)3/h6-9,11,13,15-17H,5,10H2,1-4H3/t13-,15+,16-,17+/m1/s1. The number of esters is 2. The van der Waals surface area contributed by atoms with E-state index in [0.29, 0.717) is 6.61 Å². The van der Waals surface area contributed by atoms with Gasteiger partial charge < -0.3 is 14.2 Å². The molecule has 0 unspecified atom stereocenters. The fraction of sp³-hybridized carbons (Fsp3) is 0.579. The quantitative estimate of drug-likeness (QED) is 0.778. The molecule has 0 aliphatic carbocycles. The first-order valence-electron chi connectivity index (χ1n) is 8.74. The Kier molecular flexibility index (Phi) is 4.99. The summed E-state index contributed by atoms with van der Waals surface area (Å²) >= 11 is 0. The van der Waals surface area contributed by atoms with Crippen molar-refractivity contribution >= 4 is 11.9 Å². The first-order chi connectivity index (χ1) is 12.0. The van der Waals surface area contributed by atoms with Crippen molar-refractivity contribution in [2.75, 3.05) is 20.3 Å². The van der Waals surface area contributed by atoms with Crippen molar-refractivity contribution in [3.05, 3.63) is 29.8 Å². The lowest BCUT2D eigenvalue weighted by atomic mass is 9.83. The van der Waals surface area contributed by atoms with Crippen LogP contribution in [-0.4, -0.2) is 49.2 Å². The maximum absolute atomic E-state index is 12.7. The molecule has 0 spiro atoms. The molecule has 1 saturated heterocycles. The average Bonchev–Trinajstić information content (AvgIpc) is 2.97. The summed E-state index contributed by atoms with van der Waals surface area (Å²) in [5.74, 6) is -0.718. The lowest BCUT2D eigenvalue weighted by Gasteiger charge is -2.37. The minimum absolute atomic E-state index is 0.0581. The number of ether oxygens (including phenoxy) is 3. The van der Waals surface area contributed by atoms with Crippen LogP contribution >= 0.6 is 0 Å². The Balaban J connectivity index is 2.11. The fourth-order valence-electron chi connectivity index (χ4n) is 4.22. The van der Waals surface area contributed by atoms with Crippen molar-refractivity contribution in [2.24, 2.45) is 11.8 Å². The molecule has 0 bridgehead atoms. The molecule has 25 heavy (non-hydrogen) atoms. The van der Waals surface area contributed by atoms with Gasteiger partial charge in [0, 0.05) is 23.6 Å². The zero-order valence-corrected chi connectivity index (χ0v) is 15.1. The Morgan fingerprint density at radius 1 is 1.28 bits per heavy atom. The van der Waals surface area contributed by atoms with E-state index in [9.17, 15) is 9.59 Å². The third-order valence-corrected chi connectivity index (χ3v) is 5.12. The number of fused-ring (bicyclic) bond motifs is 3.